The smallest absolute Gasteiger partial charge is 0.257 e. The highest BCUT2D eigenvalue weighted by atomic mass is 32.2. The molecule has 3 rings (SSSR count). The van der Waals surface area contributed by atoms with Crippen molar-refractivity contribution in [1.29, 1.82) is 0 Å². The number of hydrogen-bond acceptors (Lipinski definition) is 5. The number of carbonyl (C=O) groups is 1. The maximum absolute atomic E-state index is 13.2. The molecule has 2 aromatic carbocycles. The van der Waals surface area contributed by atoms with Crippen LogP contribution < -0.4 is 10.2 Å². The Morgan fingerprint density at radius 2 is 1.79 bits per heavy atom. The van der Waals surface area contributed by atoms with Crippen LogP contribution >= 0.6 is 11.8 Å². The molecule has 1 N–H and O–H groups in total. The van der Waals surface area contributed by atoms with Gasteiger partial charge in [-0.05, 0) is 61.9 Å². The molecule has 0 spiro atoms. The molecule has 2 aromatic rings. The van der Waals surface area contributed by atoms with Gasteiger partial charge in [-0.1, -0.05) is 6.07 Å². The summed E-state index contributed by atoms with van der Waals surface area (Å²) < 4.78 is 26.4. The Morgan fingerprint density at radius 3 is 2.45 bits per heavy atom. The molecule has 1 fully saturated rings. The van der Waals surface area contributed by atoms with Crippen molar-refractivity contribution >= 4 is 39.1 Å². The zero-order chi connectivity index (χ0) is 21.0. The van der Waals surface area contributed by atoms with Gasteiger partial charge in [-0.2, -0.15) is 0 Å². The summed E-state index contributed by atoms with van der Waals surface area (Å²) in [6.07, 6.45) is 5.28. The van der Waals surface area contributed by atoms with Crippen molar-refractivity contribution in [1.82, 2.24) is 4.31 Å². The Labute approximate surface area is 177 Å². The van der Waals surface area contributed by atoms with Crippen LogP contribution in [0.4, 0.5) is 11.4 Å². The number of anilines is 2. The molecule has 1 heterocycles. The number of sulfonamides is 1. The Balaban J connectivity index is 2.01. The number of amides is 1. The van der Waals surface area contributed by atoms with Crippen LogP contribution in [0.2, 0.25) is 0 Å². The Hall–Kier alpha value is -2.03. The van der Waals surface area contributed by atoms with Crippen LogP contribution in [0.25, 0.3) is 0 Å². The van der Waals surface area contributed by atoms with E-state index < -0.39 is 10.0 Å². The second-order valence-electron chi connectivity index (χ2n) is 7.20. The average Bonchev–Trinajstić information content (AvgIpc) is 2.74. The number of hydrogen-bond donors (Lipinski definition) is 1. The minimum absolute atomic E-state index is 0.117. The van der Waals surface area contributed by atoms with E-state index in [-0.39, 0.29) is 10.8 Å². The van der Waals surface area contributed by atoms with Crippen molar-refractivity contribution in [3.8, 4) is 0 Å². The standard InChI is InChI=1S/C21H27N3O3S2/c1-23(2)29(26,27)18-10-11-20(24-12-5-4-6-13-24)19(15-18)21(25)22-16-8-7-9-17(14-16)28-3/h7-11,14-15H,4-6,12-13H2,1-3H3,(H,22,25). The fourth-order valence-electron chi connectivity index (χ4n) is 3.38. The maximum Gasteiger partial charge on any atom is 0.257 e. The first kappa shape index (κ1) is 21.7. The van der Waals surface area contributed by atoms with Crippen LogP contribution in [0.3, 0.4) is 0 Å². The number of nitrogens with zero attached hydrogens (tertiary/aromatic N) is 2. The molecule has 6 nitrogen and oxygen atoms in total. The van der Waals surface area contributed by atoms with E-state index in [9.17, 15) is 13.2 Å². The van der Waals surface area contributed by atoms with Gasteiger partial charge in [0.1, 0.15) is 0 Å². The zero-order valence-corrected chi connectivity index (χ0v) is 18.6. The number of benzene rings is 2. The highest BCUT2D eigenvalue weighted by Gasteiger charge is 2.24. The monoisotopic (exact) mass is 433 g/mol. The number of thioether (sulfide) groups is 1. The maximum atomic E-state index is 13.2. The van der Waals surface area contributed by atoms with Gasteiger partial charge in [-0.3, -0.25) is 4.79 Å². The van der Waals surface area contributed by atoms with E-state index >= 15 is 0 Å². The van der Waals surface area contributed by atoms with E-state index in [1.165, 1.54) is 26.6 Å². The van der Waals surface area contributed by atoms with Crippen LogP contribution in [-0.2, 0) is 10.0 Å². The summed E-state index contributed by atoms with van der Waals surface area (Å²) >= 11 is 1.60. The molecule has 156 valence electrons. The summed E-state index contributed by atoms with van der Waals surface area (Å²) in [4.78, 5) is 16.5. The number of carbonyl (C=O) groups excluding carboxylic acids is 1. The fourth-order valence-corrected chi connectivity index (χ4v) is 4.77. The van der Waals surface area contributed by atoms with Crippen LogP contribution in [0.15, 0.2) is 52.3 Å². The normalized spacial score (nSPS) is 14.8. The quantitative estimate of drug-likeness (QED) is 0.700. The lowest BCUT2D eigenvalue weighted by molar-refractivity contribution is 0.102. The summed E-state index contributed by atoms with van der Waals surface area (Å²) in [6, 6.07) is 12.4. The first-order chi connectivity index (χ1) is 13.8. The zero-order valence-electron chi connectivity index (χ0n) is 17.0. The van der Waals surface area contributed by atoms with E-state index in [0.717, 1.165) is 40.8 Å². The molecule has 1 aliphatic heterocycles. The van der Waals surface area contributed by atoms with Gasteiger partial charge in [0, 0.05) is 43.5 Å². The molecule has 0 bridgehead atoms. The van der Waals surface area contributed by atoms with E-state index in [1.807, 2.05) is 30.5 Å². The molecule has 1 saturated heterocycles. The second-order valence-corrected chi connectivity index (χ2v) is 10.2. The molecule has 0 atom stereocenters. The largest absolute Gasteiger partial charge is 0.371 e. The SMILES string of the molecule is CSc1cccc(NC(=O)c2cc(S(=O)(=O)N(C)C)ccc2N2CCCCC2)c1. The summed E-state index contributed by atoms with van der Waals surface area (Å²) in [5, 5.41) is 2.93. The van der Waals surface area contributed by atoms with Gasteiger partial charge in [-0.15, -0.1) is 11.8 Å². The van der Waals surface area contributed by atoms with Crippen LogP contribution in [0, 0.1) is 0 Å². The summed E-state index contributed by atoms with van der Waals surface area (Å²) in [5.74, 6) is -0.306. The number of piperidine rings is 1. The first-order valence-corrected chi connectivity index (χ1v) is 12.3. The Kier molecular flexibility index (Phi) is 6.87. The Morgan fingerprint density at radius 1 is 1.07 bits per heavy atom. The van der Waals surface area contributed by atoms with Crippen LogP contribution in [-0.4, -0.2) is 52.1 Å². The van der Waals surface area contributed by atoms with Gasteiger partial charge in [0.15, 0.2) is 0 Å². The predicted octanol–water partition coefficient (Wildman–Crippen LogP) is 3.90. The van der Waals surface area contributed by atoms with E-state index in [0.29, 0.717) is 11.3 Å². The van der Waals surface area contributed by atoms with E-state index in [4.69, 9.17) is 0 Å². The predicted molar refractivity (Wildman–Crippen MR) is 120 cm³/mol. The molecular formula is C21H27N3O3S2. The first-order valence-electron chi connectivity index (χ1n) is 9.60. The van der Waals surface area contributed by atoms with Crippen LogP contribution in [0.1, 0.15) is 29.6 Å². The molecule has 0 unspecified atom stereocenters. The lowest BCUT2D eigenvalue weighted by atomic mass is 10.1. The molecule has 0 saturated carbocycles. The molecule has 1 amide bonds. The van der Waals surface area contributed by atoms with Gasteiger partial charge in [0.25, 0.3) is 5.91 Å². The topological polar surface area (TPSA) is 69.7 Å². The molecular weight excluding hydrogens is 406 g/mol. The Bertz CT molecular complexity index is 984. The van der Waals surface area contributed by atoms with Crippen molar-refractivity contribution < 1.29 is 13.2 Å². The third-order valence-corrected chi connectivity index (χ3v) is 7.55. The van der Waals surface area contributed by atoms with Gasteiger partial charge in [-0.25, -0.2) is 12.7 Å². The van der Waals surface area contributed by atoms with Gasteiger partial charge >= 0.3 is 0 Å². The minimum atomic E-state index is -3.63. The highest BCUT2D eigenvalue weighted by Crippen LogP contribution is 2.29. The van der Waals surface area contributed by atoms with Crippen molar-refractivity contribution in [2.45, 2.75) is 29.1 Å². The third kappa shape index (κ3) is 4.94. The molecule has 8 heteroatoms. The number of rotatable bonds is 6. The minimum Gasteiger partial charge on any atom is -0.371 e. The van der Waals surface area contributed by atoms with Gasteiger partial charge < -0.3 is 10.2 Å². The lowest BCUT2D eigenvalue weighted by Gasteiger charge is -2.30. The van der Waals surface area contributed by atoms with Crippen molar-refractivity contribution in [3.05, 3.63) is 48.0 Å². The molecule has 0 aromatic heterocycles. The highest BCUT2D eigenvalue weighted by molar-refractivity contribution is 7.98. The number of nitrogens with one attached hydrogen (secondary N) is 1. The second kappa shape index (κ2) is 9.19. The molecule has 0 radical (unpaired) electrons. The van der Waals surface area contributed by atoms with Crippen molar-refractivity contribution in [3.63, 3.8) is 0 Å². The summed E-state index contributed by atoms with van der Waals surface area (Å²) in [5.41, 5.74) is 1.85. The molecule has 0 aliphatic carbocycles. The molecule has 1 aliphatic rings. The van der Waals surface area contributed by atoms with Crippen molar-refractivity contribution in [2.75, 3.05) is 43.7 Å². The third-order valence-electron chi connectivity index (χ3n) is 5.02. The summed E-state index contributed by atoms with van der Waals surface area (Å²) in [6.45, 7) is 1.73. The van der Waals surface area contributed by atoms with E-state index in [1.54, 1.807) is 23.9 Å². The summed E-state index contributed by atoms with van der Waals surface area (Å²) in [7, 11) is -0.657. The van der Waals surface area contributed by atoms with Crippen molar-refractivity contribution in [2.24, 2.45) is 0 Å². The molecule has 29 heavy (non-hydrogen) atoms. The van der Waals surface area contributed by atoms with Crippen LogP contribution in [0.5, 0.6) is 0 Å². The average molecular weight is 434 g/mol. The fraction of sp³-hybridized carbons (Fsp3) is 0.381. The van der Waals surface area contributed by atoms with E-state index in [2.05, 4.69) is 10.2 Å². The van der Waals surface area contributed by atoms with Gasteiger partial charge in [0.2, 0.25) is 10.0 Å². The van der Waals surface area contributed by atoms with Gasteiger partial charge in [0.05, 0.1) is 10.5 Å². The lowest BCUT2D eigenvalue weighted by Crippen LogP contribution is -2.32.